The smallest absolute Gasteiger partial charge is 0.144 e. The molecule has 0 aromatic carbocycles. The molecule has 2 unspecified atom stereocenters. The lowest BCUT2D eigenvalue weighted by molar-refractivity contribution is -0.890. The van der Waals surface area contributed by atoms with Crippen molar-refractivity contribution in [3.8, 4) is 0 Å². The quantitative estimate of drug-likeness (QED) is 0.200. The molecule has 0 fully saturated rings. The van der Waals surface area contributed by atoms with Gasteiger partial charge in [-0.1, -0.05) is 104 Å². The highest BCUT2D eigenvalue weighted by Crippen LogP contribution is 2.15. The zero-order valence-corrected chi connectivity index (χ0v) is 21.3. The average Bonchev–Trinajstić information content (AvgIpc) is 2.64. The van der Waals surface area contributed by atoms with Crippen molar-refractivity contribution in [3.63, 3.8) is 0 Å². The van der Waals surface area contributed by atoms with Gasteiger partial charge in [0.2, 0.25) is 0 Å². The molecule has 0 aromatic rings. The van der Waals surface area contributed by atoms with Gasteiger partial charge in [-0.3, -0.25) is 0 Å². The van der Waals surface area contributed by atoms with Gasteiger partial charge in [-0.25, -0.2) is 0 Å². The fourth-order valence-electron chi connectivity index (χ4n) is 4.41. The number of aliphatic carboxylic acids is 1. The molecule has 0 rings (SSSR count). The van der Waals surface area contributed by atoms with E-state index in [0.29, 0.717) is 4.48 Å². The van der Waals surface area contributed by atoms with Crippen molar-refractivity contribution in [3.05, 3.63) is 0 Å². The van der Waals surface area contributed by atoms with Crippen LogP contribution in [0.15, 0.2) is 0 Å². The van der Waals surface area contributed by atoms with E-state index in [-0.39, 0.29) is 6.04 Å². The van der Waals surface area contributed by atoms with Crippen LogP contribution in [0.2, 0.25) is 0 Å². The monoisotopic (exact) mass is 426 g/mol. The maximum Gasteiger partial charge on any atom is 0.144 e. The second kappa shape index (κ2) is 18.0. The molecule has 0 aromatic heterocycles. The van der Waals surface area contributed by atoms with E-state index in [9.17, 15) is 9.90 Å². The number of likely N-dealkylation sites (N-methyl/N-ethyl adjacent to an activating group) is 1. The third kappa shape index (κ3) is 16.1. The van der Waals surface area contributed by atoms with Crippen molar-refractivity contribution in [2.75, 3.05) is 27.7 Å². The molecule has 0 aliphatic heterocycles. The predicted octanol–water partition coefficient (Wildman–Crippen LogP) is 5.30. The van der Waals surface area contributed by atoms with Gasteiger partial charge in [0, 0.05) is 0 Å². The summed E-state index contributed by atoms with van der Waals surface area (Å²) in [5.41, 5.74) is 0. The van der Waals surface area contributed by atoms with Crippen LogP contribution >= 0.6 is 0 Å². The van der Waals surface area contributed by atoms with E-state index in [1.165, 1.54) is 83.5 Å². The maximum absolute atomic E-state index is 11.6. The molecular formula is C26H54N2O2. The summed E-state index contributed by atoms with van der Waals surface area (Å²) in [4.78, 5) is 11.6. The summed E-state index contributed by atoms with van der Waals surface area (Å²) in [6, 6.07) is -0.528. The van der Waals surface area contributed by atoms with Gasteiger partial charge in [0.05, 0.1) is 27.2 Å². The number of carbonyl (C=O) groups is 1. The van der Waals surface area contributed by atoms with E-state index < -0.39 is 12.0 Å². The summed E-state index contributed by atoms with van der Waals surface area (Å²) < 4.78 is 0.395. The summed E-state index contributed by atoms with van der Waals surface area (Å²) in [6.45, 7) is 7.59. The first-order valence-corrected chi connectivity index (χ1v) is 13.0. The van der Waals surface area contributed by atoms with Crippen LogP contribution in [-0.4, -0.2) is 50.2 Å². The third-order valence-corrected chi connectivity index (χ3v) is 6.26. The van der Waals surface area contributed by atoms with Crippen LogP contribution in [0.3, 0.4) is 0 Å². The van der Waals surface area contributed by atoms with Gasteiger partial charge in [-0.15, -0.1) is 0 Å². The summed E-state index contributed by atoms with van der Waals surface area (Å²) in [6.07, 6.45) is 19.9. The van der Waals surface area contributed by atoms with Crippen LogP contribution in [0.4, 0.5) is 0 Å². The van der Waals surface area contributed by atoms with Crippen LogP contribution in [-0.2, 0) is 4.79 Å². The lowest BCUT2D eigenvalue weighted by Gasteiger charge is -2.39. The average molecular weight is 427 g/mol. The molecule has 0 bridgehead atoms. The lowest BCUT2D eigenvalue weighted by Crippen LogP contribution is -2.63. The molecule has 4 nitrogen and oxygen atoms in total. The van der Waals surface area contributed by atoms with Crippen LogP contribution in [0.1, 0.15) is 117 Å². The number of unbranched alkanes of at least 4 members (excludes halogenated alkanes) is 12. The molecule has 0 amide bonds. The van der Waals surface area contributed by atoms with Gasteiger partial charge in [-0.05, 0) is 25.3 Å². The number of hydrogen-bond donors (Lipinski definition) is 1. The minimum Gasteiger partial charge on any atom is -0.544 e. The SMILES string of the molecule is CCC(NCCCCCCCCCCCCCCCC(C)C)C(C(=O)[O-])[N+](C)(C)C. The first kappa shape index (κ1) is 29.4. The van der Waals surface area contributed by atoms with Crippen LogP contribution < -0.4 is 10.4 Å². The highest BCUT2D eigenvalue weighted by molar-refractivity contribution is 5.70. The molecular weight excluding hydrogens is 372 g/mol. The van der Waals surface area contributed by atoms with Crippen LogP contribution in [0.5, 0.6) is 0 Å². The number of nitrogens with zero attached hydrogens (tertiary/aromatic N) is 1. The summed E-state index contributed by atoms with van der Waals surface area (Å²) in [5.74, 6) is -0.0860. The zero-order chi connectivity index (χ0) is 22.8. The largest absolute Gasteiger partial charge is 0.544 e. The Bertz CT molecular complexity index is 404. The van der Waals surface area contributed by atoms with Crippen molar-refractivity contribution in [2.24, 2.45) is 5.92 Å². The number of quaternary nitrogens is 1. The molecule has 4 heteroatoms. The van der Waals surface area contributed by atoms with Crippen molar-refractivity contribution in [2.45, 2.75) is 129 Å². The normalized spacial score (nSPS) is 14.2. The fraction of sp³-hybridized carbons (Fsp3) is 0.962. The number of carbonyl (C=O) groups excluding carboxylic acids is 1. The highest BCUT2D eigenvalue weighted by atomic mass is 16.4. The van der Waals surface area contributed by atoms with Gasteiger partial charge in [0.25, 0.3) is 0 Å². The molecule has 0 aliphatic rings. The van der Waals surface area contributed by atoms with E-state index in [2.05, 4.69) is 26.1 Å². The minimum absolute atomic E-state index is 0.0230. The van der Waals surface area contributed by atoms with E-state index in [0.717, 1.165) is 25.3 Å². The van der Waals surface area contributed by atoms with E-state index in [1.807, 2.05) is 21.1 Å². The summed E-state index contributed by atoms with van der Waals surface area (Å²) in [5, 5.41) is 15.0. The molecule has 1 N–H and O–H groups in total. The Morgan fingerprint density at radius 3 is 1.50 bits per heavy atom. The molecule has 180 valence electrons. The second-order valence-corrected chi connectivity index (χ2v) is 10.6. The Morgan fingerprint density at radius 1 is 0.767 bits per heavy atom. The molecule has 0 spiro atoms. The maximum atomic E-state index is 11.6. The Kier molecular flexibility index (Phi) is 17.6. The standard InChI is InChI=1S/C26H54N2O2/c1-7-24(25(26(29)30)28(4,5)6)27-22-20-18-16-14-12-10-8-9-11-13-15-17-19-21-23(2)3/h23-25,27H,7-22H2,1-6H3. The van der Waals surface area contributed by atoms with Crippen molar-refractivity contribution < 1.29 is 14.4 Å². The molecule has 0 heterocycles. The fourth-order valence-corrected chi connectivity index (χ4v) is 4.41. The van der Waals surface area contributed by atoms with E-state index in [4.69, 9.17) is 0 Å². The molecule has 30 heavy (non-hydrogen) atoms. The van der Waals surface area contributed by atoms with Crippen molar-refractivity contribution >= 4 is 5.97 Å². The number of nitrogens with one attached hydrogen (secondary N) is 1. The zero-order valence-electron chi connectivity index (χ0n) is 21.3. The molecule has 0 saturated carbocycles. The van der Waals surface area contributed by atoms with Gasteiger partial charge in [0.1, 0.15) is 12.0 Å². The lowest BCUT2D eigenvalue weighted by atomic mass is 10.0. The number of hydrogen-bond acceptors (Lipinski definition) is 3. The van der Waals surface area contributed by atoms with E-state index in [1.54, 1.807) is 0 Å². The van der Waals surface area contributed by atoms with Gasteiger partial charge < -0.3 is 19.7 Å². The number of carboxylic acid groups (broad SMARTS) is 1. The Hall–Kier alpha value is -0.610. The second-order valence-electron chi connectivity index (χ2n) is 10.6. The molecule has 0 radical (unpaired) electrons. The Morgan fingerprint density at radius 2 is 1.17 bits per heavy atom. The Labute approximate surface area is 188 Å². The third-order valence-electron chi connectivity index (χ3n) is 6.26. The Balaban J connectivity index is 3.54. The van der Waals surface area contributed by atoms with Crippen molar-refractivity contribution in [1.82, 2.24) is 5.32 Å². The van der Waals surface area contributed by atoms with Crippen molar-refractivity contribution in [1.29, 1.82) is 0 Å². The predicted molar refractivity (Wildman–Crippen MR) is 128 cm³/mol. The number of carboxylic acids is 1. The van der Waals surface area contributed by atoms with Gasteiger partial charge >= 0.3 is 0 Å². The molecule has 0 aliphatic carbocycles. The first-order chi connectivity index (χ1) is 14.2. The minimum atomic E-state index is -0.951. The molecule has 2 atom stereocenters. The van der Waals surface area contributed by atoms with Gasteiger partial charge in [0.15, 0.2) is 0 Å². The molecule has 0 saturated heterocycles. The van der Waals surface area contributed by atoms with Crippen LogP contribution in [0, 0.1) is 5.92 Å². The topological polar surface area (TPSA) is 52.2 Å². The first-order valence-electron chi connectivity index (χ1n) is 13.0. The van der Waals surface area contributed by atoms with E-state index >= 15 is 0 Å². The summed E-state index contributed by atoms with van der Waals surface area (Å²) >= 11 is 0. The van der Waals surface area contributed by atoms with Crippen LogP contribution in [0.25, 0.3) is 0 Å². The summed E-state index contributed by atoms with van der Waals surface area (Å²) in [7, 11) is 5.79. The number of rotatable bonds is 21. The van der Waals surface area contributed by atoms with Gasteiger partial charge in [-0.2, -0.15) is 0 Å². The highest BCUT2D eigenvalue weighted by Gasteiger charge is 2.32.